The van der Waals surface area contributed by atoms with Crippen LogP contribution in [-0.2, 0) is 11.3 Å². The van der Waals surface area contributed by atoms with Gasteiger partial charge in [-0.25, -0.2) is 19.6 Å². The summed E-state index contributed by atoms with van der Waals surface area (Å²) in [7, 11) is 1.60. The highest BCUT2D eigenvalue weighted by molar-refractivity contribution is 6.03. The molecule has 2 aliphatic heterocycles. The van der Waals surface area contributed by atoms with Crippen molar-refractivity contribution in [1.82, 2.24) is 20.5 Å². The molecule has 0 bridgehead atoms. The van der Waals surface area contributed by atoms with Gasteiger partial charge >= 0.3 is 6.03 Å². The van der Waals surface area contributed by atoms with Crippen LogP contribution in [0.4, 0.5) is 9.18 Å². The molecule has 0 saturated carbocycles. The van der Waals surface area contributed by atoms with Crippen LogP contribution in [0.5, 0.6) is 0 Å². The molecule has 160 valence electrons. The van der Waals surface area contributed by atoms with Crippen molar-refractivity contribution in [2.45, 2.75) is 32.6 Å². The van der Waals surface area contributed by atoms with Gasteiger partial charge in [0.1, 0.15) is 5.82 Å². The van der Waals surface area contributed by atoms with Gasteiger partial charge in [-0.3, -0.25) is 10.1 Å². The first kappa shape index (κ1) is 20.5. The Kier molecular flexibility index (Phi) is 5.41. The third-order valence-electron chi connectivity index (χ3n) is 5.45. The van der Waals surface area contributed by atoms with Gasteiger partial charge < -0.3 is 9.80 Å². The molecule has 31 heavy (non-hydrogen) atoms. The quantitative estimate of drug-likeness (QED) is 0.584. The van der Waals surface area contributed by atoms with E-state index in [1.54, 1.807) is 19.2 Å². The van der Waals surface area contributed by atoms with E-state index in [1.165, 1.54) is 23.2 Å². The topological polar surface area (TPSA) is 89.4 Å². The second kappa shape index (κ2) is 8.17. The molecule has 9 heteroatoms. The van der Waals surface area contributed by atoms with Crippen molar-refractivity contribution in [2.24, 2.45) is 10.1 Å². The summed E-state index contributed by atoms with van der Waals surface area (Å²) in [5, 5.41) is 6.59. The fourth-order valence-corrected chi connectivity index (χ4v) is 3.66. The summed E-state index contributed by atoms with van der Waals surface area (Å²) >= 11 is 0. The van der Waals surface area contributed by atoms with Crippen LogP contribution in [0.3, 0.4) is 0 Å². The highest BCUT2D eigenvalue weighted by atomic mass is 19.1. The predicted octanol–water partition coefficient (Wildman–Crippen LogP) is 2.11. The molecule has 0 spiro atoms. The number of guanidine groups is 1. The number of hydrogen-bond acceptors (Lipinski definition) is 6. The van der Waals surface area contributed by atoms with Gasteiger partial charge in [-0.2, -0.15) is 5.10 Å². The summed E-state index contributed by atoms with van der Waals surface area (Å²) in [6.45, 7) is 4.44. The van der Waals surface area contributed by atoms with E-state index in [0.29, 0.717) is 18.1 Å². The predicted molar refractivity (Wildman–Crippen MR) is 115 cm³/mol. The SMILES string of the molecule is Cc1ccc(C)c(CN2C(N/N=C/c3ccc(F)cc3)=NC3C2C(=O)NC(=O)N3C)c1. The highest BCUT2D eigenvalue weighted by Crippen LogP contribution is 2.26. The molecular weight excluding hydrogens is 399 g/mol. The van der Waals surface area contributed by atoms with E-state index in [9.17, 15) is 14.0 Å². The lowest BCUT2D eigenvalue weighted by Gasteiger charge is -2.36. The molecule has 1 fully saturated rings. The number of fused-ring (bicyclic) bond motifs is 1. The molecule has 2 unspecified atom stereocenters. The number of rotatable bonds is 4. The first-order valence-electron chi connectivity index (χ1n) is 9.86. The average Bonchev–Trinajstić information content (AvgIpc) is 3.09. The number of aliphatic imine (C=N–C) groups is 1. The number of aryl methyl sites for hydroxylation is 2. The van der Waals surface area contributed by atoms with E-state index < -0.39 is 24.1 Å². The van der Waals surface area contributed by atoms with Gasteiger partial charge in [0.25, 0.3) is 5.91 Å². The molecule has 0 aliphatic carbocycles. The van der Waals surface area contributed by atoms with Crippen LogP contribution in [0.15, 0.2) is 52.6 Å². The Morgan fingerprint density at radius 2 is 1.94 bits per heavy atom. The van der Waals surface area contributed by atoms with E-state index in [2.05, 4.69) is 26.9 Å². The zero-order valence-corrected chi connectivity index (χ0v) is 17.5. The van der Waals surface area contributed by atoms with Gasteiger partial charge in [-0.15, -0.1) is 0 Å². The van der Waals surface area contributed by atoms with Gasteiger partial charge in [-0.05, 0) is 42.7 Å². The summed E-state index contributed by atoms with van der Waals surface area (Å²) in [6, 6.07) is 10.9. The second-order valence-electron chi connectivity index (χ2n) is 7.70. The van der Waals surface area contributed by atoms with Crippen molar-refractivity contribution in [2.75, 3.05) is 7.05 Å². The van der Waals surface area contributed by atoms with E-state index in [1.807, 2.05) is 30.9 Å². The van der Waals surface area contributed by atoms with Crippen molar-refractivity contribution in [1.29, 1.82) is 0 Å². The number of hydrogen-bond donors (Lipinski definition) is 2. The van der Waals surface area contributed by atoms with E-state index in [0.717, 1.165) is 16.7 Å². The lowest BCUT2D eigenvalue weighted by atomic mass is 10.0. The van der Waals surface area contributed by atoms with Crippen LogP contribution in [0.1, 0.15) is 22.3 Å². The number of likely N-dealkylation sites (N-methyl/N-ethyl adjacent to an activating group) is 1. The molecule has 0 aromatic heterocycles. The van der Waals surface area contributed by atoms with E-state index >= 15 is 0 Å². The maximum Gasteiger partial charge on any atom is 0.325 e. The van der Waals surface area contributed by atoms with Crippen molar-refractivity contribution in [3.8, 4) is 0 Å². The molecule has 2 aromatic carbocycles. The molecule has 3 amide bonds. The fraction of sp³-hybridized carbons (Fsp3) is 0.273. The lowest BCUT2D eigenvalue weighted by Crippen LogP contribution is -2.63. The molecule has 2 aliphatic rings. The zero-order chi connectivity index (χ0) is 22.1. The number of amides is 3. The van der Waals surface area contributed by atoms with Crippen molar-refractivity contribution in [3.63, 3.8) is 0 Å². The van der Waals surface area contributed by atoms with Gasteiger partial charge in [0.05, 0.1) is 6.21 Å². The molecular formula is C22H23FN6O2. The minimum atomic E-state index is -0.675. The van der Waals surface area contributed by atoms with Gasteiger partial charge in [0.2, 0.25) is 5.96 Å². The molecule has 8 nitrogen and oxygen atoms in total. The van der Waals surface area contributed by atoms with Crippen LogP contribution < -0.4 is 10.7 Å². The van der Waals surface area contributed by atoms with Crippen LogP contribution in [-0.4, -0.2) is 53.2 Å². The number of urea groups is 1. The number of carbonyl (C=O) groups excluding carboxylic acids is 2. The van der Waals surface area contributed by atoms with Crippen molar-refractivity contribution < 1.29 is 14.0 Å². The number of halogens is 1. The largest absolute Gasteiger partial charge is 0.325 e. The van der Waals surface area contributed by atoms with Gasteiger partial charge in [0, 0.05) is 13.6 Å². The minimum Gasteiger partial charge on any atom is -0.321 e. The maximum absolute atomic E-state index is 13.1. The molecule has 2 N–H and O–H groups in total. The highest BCUT2D eigenvalue weighted by Gasteiger charge is 2.48. The number of hydrazone groups is 1. The maximum atomic E-state index is 13.1. The van der Waals surface area contributed by atoms with Crippen LogP contribution in [0.2, 0.25) is 0 Å². The van der Waals surface area contributed by atoms with Crippen LogP contribution >= 0.6 is 0 Å². The van der Waals surface area contributed by atoms with Gasteiger partial charge in [-0.1, -0.05) is 35.9 Å². The number of carbonyl (C=O) groups is 2. The standard InChI is InChI=1S/C22H23FN6O2/c1-13-4-5-14(2)16(10-13)12-29-18-19(28(3)22(31)26-20(18)30)25-21(29)27-24-11-15-6-8-17(23)9-7-15/h4-11,18-19H,12H2,1-3H3,(H,25,27)(H,26,30,31)/b24-11+. The van der Waals surface area contributed by atoms with E-state index in [4.69, 9.17) is 0 Å². The van der Waals surface area contributed by atoms with Crippen molar-refractivity contribution in [3.05, 3.63) is 70.5 Å². The minimum absolute atomic E-state index is 0.326. The Balaban J connectivity index is 1.62. The molecule has 1 saturated heterocycles. The Bertz CT molecular complexity index is 1080. The Morgan fingerprint density at radius 1 is 1.19 bits per heavy atom. The fourth-order valence-electron chi connectivity index (χ4n) is 3.66. The number of imide groups is 1. The number of nitrogens with one attached hydrogen (secondary N) is 2. The first-order chi connectivity index (χ1) is 14.8. The average molecular weight is 422 g/mol. The summed E-state index contributed by atoms with van der Waals surface area (Å²) in [5.74, 6) is -0.347. The third-order valence-corrected chi connectivity index (χ3v) is 5.45. The smallest absolute Gasteiger partial charge is 0.321 e. The molecule has 2 aromatic rings. The number of benzene rings is 2. The lowest BCUT2D eigenvalue weighted by molar-refractivity contribution is -0.127. The summed E-state index contributed by atoms with van der Waals surface area (Å²) in [6.07, 6.45) is 0.879. The van der Waals surface area contributed by atoms with Gasteiger partial charge in [0.15, 0.2) is 12.2 Å². The Morgan fingerprint density at radius 3 is 2.68 bits per heavy atom. The monoisotopic (exact) mass is 422 g/mol. The molecule has 2 heterocycles. The Labute approximate surface area is 179 Å². The molecule has 2 atom stereocenters. The summed E-state index contributed by atoms with van der Waals surface area (Å²) < 4.78 is 13.1. The first-order valence-corrected chi connectivity index (χ1v) is 9.86. The van der Waals surface area contributed by atoms with Crippen LogP contribution in [0.25, 0.3) is 0 Å². The summed E-state index contributed by atoms with van der Waals surface area (Å²) in [5.41, 5.74) is 6.84. The van der Waals surface area contributed by atoms with Crippen LogP contribution in [0, 0.1) is 19.7 Å². The third kappa shape index (κ3) is 4.11. The molecule has 4 rings (SSSR count). The van der Waals surface area contributed by atoms with E-state index in [-0.39, 0.29) is 5.82 Å². The van der Waals surface area contributed by atoms with Crippen molar-refractivity contribution >= 4 is 24.1 Å². The molecule has 0 radical (unpaired) electrons. The summed E-state index contributed by atoms with van der Waals surface area (Å²) in [4.78, 5) is 32.5. The Hall–Kier alpha value is -3.75. The zero-order valence-electron chi connectivity index (χ0n) is 17.5. The number of nitrogens with zero attached hydrogens (tertiary/aromatic N) is 4. The second-order valence-corrected chi connectivity index (χ2v) is 7.70. The normalized spacial score (nSPS) is 20.7.